The van der Waals surface area contributed by atoms with Gasteiger partial charge < -0.3 is 19.7 Å². The third-order valence-electron chi connectivity index (χ3n) is 6.08. The highest BCUT2D eigenvalue weighted by atomic mass is 32.1. The maximum absolute atomic E-state index is 13.3. The van der Waals surface area contributed by atoms with Gasteiger partial charge in [0.2, 0.25) is 0 Å². The summed E-state index contributed by atoms with van der Waals surface area (Å²) in [5.41, 5.74) is 1.79. The highest BCUT2D eigenvalue weighted by molar-refractivity contribution is 7.80. The molecule has 0 atom stereocenters. The summed E-state index contributed by atoms with van der Waals surface area (Å²) in [6.07, 6.45) is 0.481. The van der Waals surface area contributed by atoms with Crippen molar-refractivity contribution in [2.24, 2.45) is 5.41 Å². The summed E-state index contributed by atoms with van der Waals surface area (Å²) in [6, 6.07) is 15.1. The first kappa shape index (κ1) is 20.5. The molecule has 0 saturated carbocycles. The van der Waals surface area contributed by atoms with E-state index in [4.69, 9.17) is 21.7 Å². The van der Waals surface area contributed by atoms with Crippen LogP contribution < -0.4 is 4.74 Å². The van der Waals surface area contributed by atoms with Crippen LogP contribution in [-0.4, -0.2) is 21.0 Å². The maximum Gasteiger partial charge on any atom is 0.340 e. The highest BCUT2D eigenvalue weighted by Crippen LogP contribution is 2.57. The van der Waals surface area contributed by atoms with Gasteiger partial charge in [-0.05, 0) is 35.2 Å². The molecule has 0 bridgehead atoms. The van der Waals surface area contributed by atoms with Gasteiger partial charge in [-0.25, -0.2) is 4.79 Å². The Balaban J connectivity index is 1.78. The number of rotatable bonds is 2. The second kappa shape index (κ2) is 6.81. The highest BCUT2D eigenvalue weighted by Gasteiger charge is 2.54. The Morgan fingerprint density at radius 3 is 2.09 bits per heavy atom. The SMILES string of the molecule is CC(C)(C)C(=S)Cc1cccc2c1C(=O)OC21c2ccc(O)cc2Oc2cc(O)ccc21. The number of thiocarbonyl (C=S) groups is 1. The third kappa shape index (κ3) is 2.90. The molecular weight excluding hydrogens is 424 g/mol. The van der Waals surface area contributed by atoms with E-state index in [1.165, 1.54) is 12.1 Å². The van der Waals surface area contributed by atoms with Crippen LogP contribution in [0.1, 0.15) is 53.4 Å². The summed E-state index contributed by atoms with van der Waals surface area (Å²) in [6.45, 7) is 6.17. The first-order valence-electron chi connectivity index (χ1n) is 10.3. The lowest BCUT2D eigenvalue weighted by Crippen LogP contribution is -2.32. The Morgan fingerprint density at radius 2 is 1.53 bits per heavy atom. The number of benzene rings is 3. The number of ether oxygens (including phenoxy) is 2. The van der Waals surface area contributed by atoms with Crippen molar-refractivity contribution >= 4 is 23.1 Å². The van der Waals surface area contributed by atoms with Gasteiger partial charge in [0.05, 0.1) is 5.56 Å². The number of hydrogen-bond donors (Lipinski definition) is 2. The van der Waals surface area contributed by atoms with E-state index in [1.54, 1.807) is 24.3 Å². The molecule has 2 heterocycles. The Kier molecular flexibility index (Phi) is 4.37. The Hall–Kier alpha value is -3.38. The summed E-state index contributed by atoms with van der Waals surface area (Å²) >= 11 is 5.66. The predicted molar refractivity (Wildman–Crippen MR) is 124 cm³/mol. The van der Waals surface area contributed by atoms with Crippen LogP contribution >= 0.6 is 12.2 Å². The minimum Gasteiger partial charge on any atom is -0.508 e. The fourth-order valence-corrected chi connectivity index (χ4v) is 4.56. The van der Waals surface area contributed by atoms with E-state index in [0.717, 1.165) is 10.4 Å². The minimum absolute atomic E-state index is 0.0244. The quantitative estimate of drug-likeness (QED) is 0.393. The molecule has 2 aliphatic heterocycles. The monoisotopic (exact) mass is 446 g/mol. The number of hydrogen-bond acceptors (Lipinski definition) is 6. The van der Waals surface area contributed by atoms with Crippen molar-refractivity contribution in [3.8, 4) is 23.0 Å². The number of phenols is 2. The molecule has 3 aromatic carbocycles. The molecule has 0 amide bonds. The van der Waals surface area contributed by atoms with Crippen LogP contribution in [0.4, 0.5) is 0 Å². The zero-order chi connectivity index (χ0) is 22.8. The van der Waals surface area contributed by atoms with Crippen LogP contribution in [0.2, 0.25) is 0 Å². The van der Waals surface area contributed by atoms with Crippen molar-refractivity contribution in [3.63, 3.8) is 0 Å². The van der Waals surface area contributed by atoms with Gasteiger partial charge >= 0.3 is 5.97 Å². The van der Waals surface area contributed by atoms with Crippen molar-refractivity contribution < 1.29 is 24.5 Å². The summed E-state index contributed by atoms with van der Waals surface area (Å²) in [5.74, 6) is 0.332. The smallest absolute Gasteiger partial charge is 0.340 e. The summed E-state index contributed by atoms with van der Waals surface area (Å²) in [7, 11) is 0. The molecule has 32 heavy (non-hydrogen) atoms. The van der Waals surface area contributed by atoms with E-state index in [1.807, 2.05) is 18.2 Å². The molecule has 0 saturated heterocycles. The molecule has 0 fully saturated rings. The van der Waals surface area contributed by atoms with E-state index >= 15 is 0 Å². The molecule has 1 spiro atoms. The van der Waals surface area contributed by atoms with Crippen LogP contribution in [0.3, 0.4) is 0 Å². The van der Waals surface area contributed by atoms with Crippen LogP contribution in [-0.2, 0) is 16.8 Å². The lowest BCUT2D eigenvalue weighted by molar-refractivity contribution is 0.0224. The van der Waals surface area contributed by atoms with Gasteiger partial charge in [-0.2, -0.15) is 0 Å². The minimum atomic E-state index is -1.25. The van der Waals surface area contributed by atoms with Gasteiger partial charge in [-0.15, -0.1) is 0 Å². The van der Waals surface area contributed by atoms with Crippen molar-refractivity contribution in [3.05, 3.63) is 82.4 Å². The number of phenolic OH excluding ortho intramolecular Hbond substituents is 2. The fraction of sp³-hybridized carbons (Fsp3) is 0.231. The van der Waals surface area contributed by atoms with E-state index in [9.17, 15) is 15.0 Å². The second-order valence-electron chi connectivity index (χ2n) is 9.22. The standard InChI is InChI=1S/C26H22O5S/c1-25(2,3)22(32)11-14-5-4-6-19-23(14)24(29)31-26(19)17-9-7-15(27)12-20(17)30-21-13-16(28)8-10-18(21)26/h4-10,12-13,27-28H,11H2,1-3H3. The average molecular weight is 447 g/mol. The average Bonchev–Trinajstić information content (AvgIpc) is 3.01. The van der Waals surface area contributed by atoms with Gasteiger partial charge in [0, 0.05) is 40.1 Å². The summed E-state index contributed by atoms with van der Waals surface area (Å²) in [5, 5.41) is 20.1. The van der Waals surface area contributed by atoms with Gasteiger partial charge in [-0.1, -0.05) is 51.2 Å². The van der Waals surface area contributed by atoms with Crippen molar-refractivity contribution in [1.29, 1.82) is 0 Å². The number of fused-ring (bicyclic) bond motifs is 6. The number of carbonyl (C=O) groups is 1. The summed E-state index contributed by atoms with van der Waals surface area (Å²) < 4.78 is 12.2. The molecule has 2 N–H and O–H groups in total. The Morgan fingerprint density at radius 1 is 0.938 bits per heavy atom. The van der Waals surface area contributed by atoms with Gasteiger partial charge in [0.25, 0.3) is 0 Å². The van der Waals surface area contributed by atoms with E-state index in [0.29, 0.717) is 40.2 Å². The molecule has 6 heteroatoms. The first-order chi connectivity index (χ1) is 15.1. The third-order valence-corrected chi connectivity index (χ3v) is 6.83. The van der Waals surface area contributed by atoms with Crippen LogP contribution in [0.15, 0.2) is 54.6 Å². The van der Waals surface area contributed by atoms with Gasteiger partial charge in [-0.3, -0.25) is 0 Å². The molecule has 3 aromatic rings. The zero-order valence-electron chi connectivity index (χ0n) is 17.9. The molecule has 5 rings (SSSR count). The first-order valence-corrected chi connectivity index (χ1v) is 10.8. The lowest BCUT2D eigenvalue weighted by Gasteiger charge is -2.36. The van der Waals surface area contributed by atoms with Crippen molar-refractivity contribution in [1.82, 2.24) is 0 Å². The number of aromatic hydroxyl groups is 2. The van der Waals surface area contributed by atoms with Crippen molar-refractivity contribution in [2.45, 2.75) is 32.8 Å². The molecular formula is C26H22O5S. The van der Waals surface area contributed by atoms with Crippen LogP contribution in [0.5, 0.6) is 23.0 Å². The molecule has 0 aromatic heterocycles. The lowest BCUT2D eigenvalue weighted by atomic mass is 9.76. The molecule has 0 unspecified atom stereocenters. The molecule has 5 nitrogen and oxygen atoms in total. The second-order valence-corrected chi connectivity index (χ2v) is 9.72. The zero-order valence-corrected chi connectivity index (χ0v) is 18.7. The molecule has 162 valence electrons. The van der Waals surface area contributed by atoms with Crippen molar-refractivity contribution in [2.75, 3.05) is 0 Å². The van der Waals surface area contributed by atoms with Gasteiger partial charge in [0.1, 0.15) is 23.0 Å². The topological polar surface area (TPSA) is 76.0 Å². The maximum atomic E-state index is 13.3. The Labute approximate surface area is 191 Å². The van der Waals surface area contributed by atoms with Crippen LogP contribution in [0.25, 0.3) is 0 Å². The molecule has 0 radical (unpaired) electrons. The van der Waals surface area contributed by atoms with E-state index < -0.39 is 11.6 Å². The van der Waals surface area contributed by atoms with E-state index in [-0.39, 0.29) is 16.9 Å². The summed E-state index contributed by atoms with van der Waals surface area (Å²) in [4.78, 5) is 14.2. The fourth-order valence-electron chi connectivity index (χ4n) is 4.40. The molecule has 2 aliphatic rings. The molecule has 0 aliphatic carbocycles. The predicted octanol–water partition coefficient (Wildman–Crippen LogP) is 5.62. The van der Waals surface area contributed by atoms with E-state index in [2.05, 4.69) is 20.8 Å². The number of esters is 1. The van der Waals surface area contributed by atoms with Crippen LogP contribution in [0, 0.1) is 5.41 Å². The largest absolute Gasteiger partial charge is 0.508 e. The Bertz CT molecular complexity index is 1250. The van der Waals surface area contributed by atoms with Gasteiger partial charge in [0.15, 0.2) is 5.60 Å². The normalized spacial score (nSPS) is 15.4. The number of carbonyl (C=O) groups excluding carboxylic acids is 1.